The fourth-order valence-corrected chi connectivity index (χ4v) is 0.440. The molecule has 4 N–H and O–H groups in total. The first kappa shape index (κ1) is 11.3. The maximum absolute atomic E-state index is 10.0. The average Bonchev–Trinajstić information content (AvgIpc) is 2.03. The number of hydrogen-bond donors (Lipinski definition) is 4. The summed E-state index contributed by atoms with van der Waals surface area (Å²) in [6.07, 6.45) is -2.62. The molecular formula is C6H12O6. The summed E-state index contributed by atoms with van der Waals surface area (Å²) in [5.74, 6) is -1.38. The van der Waals surface area contributed by atoms with Crippen LogP contribution in [0.3, 0.4) is 0 Å². The molecule has 12 heavy (non-hydrogen) atoms. The van der Waals surface area contributed by atoms with Gasteiger partial charge in [-0.1, -0.05) is 0 Å². The van der Waals surface area contributed by atoms with Crippen LogP contribution in [0.25, 0.3) is 0 Å². The van der Waals surface area contributed by atoms with Gasteiger partial charge in [-0.05, 0) is 0 Å². The first-order valence-corrected chi connectivity index (χ1v) is 3.35. The number of ether oxygens (including phenoxy) is 1. The molecule has 0 spiro atoms. The summed E-state index contributed by atoms with van der Waals surface area (Å²) in [7, 11) is 0. The Balaban J connectivity index is 3.37. The molecule has 6 nitrogen and oxygen atoms in total. The molecule has 0 fully saturated rings. The lowest BCUT2D eigenvalue weighted by Crippen LogP contribution is -2.28. The molecule has 0 heterocycles. The molecule has 0 aromatic rings. The molecule has 0 bridgehead atoms. The van der Waals surface area contributed by atoms with E-state index in [0.29, 0.717) is 0 Å². The number of aliphatic carboxylic acids is 1. The van der Waals surface area contributed by atoms with Crippen LogP contribution in [0.2, 0.25) is 0 Å². The van der Waals surface area contributed by atoms with Crippen LogP contribution in [-0.4, -0.2) is 58.4 Å². The molecule has 0 radical (unpaired) electrons. The minimum Gasteiger partial charge on any atom is -0.479 e. The second kappa shape index (κ2) is 5.90. The molecule has 2 unspecified atom stereocenters. The molecule has 0 aliphatic rings. The molecule has 0 saturated carbocycles. The molecule has 0 aliphatic heterocycles. The van der Waals surface area contributed by atoms with Gasteiger partial charge in [0.15, 0.2) is 6.10 Å². The summed E-state index contributed by atoms with van der Waals surface area (Å²) in [6, 6.07) is 0. The fourth-order valence-electron chi connectivity index (χ4n) is 0.440. The van der Waals surface area contributed by atoms with Crippen molar-refractivity contribution in [3.8, 4) is 0 Å². The zero-order valence-corrected chi connectivity index (χ0v) is 6.38. The van der Waals surface area contributed by atoms with Gasteiger partial charge in [0, 0.05) is 0 Å². The molecule has 0 amide bonds. The van der Waals surface area contributed by atoms with Gasteiger partial charge < -0.3 is 25.2 Å². The predicted molar refractivity (Wildman–Crippen MR) is 37.6 cm³/mol. The van der Waals surface area contributed by atoms with Crippen LogP contribution in [0.5, 0.6) is 0 Å². The second-order valence-electron chi connectivity index (χ2n) is 2.23. The van der Waals surface area contributed by atoms with Crippen LogP contribution in [-0.2, 0) is 9.53 Å². The summed E-state index contributed by atoms with van der Waals surface area (Å²) >= 11 is 0. The van der Waals surface area contributed by atoms with Crippen molar-refractivity contribution in [3.05, 3.63) is 0 Å². The van der Waals surface area contributed by atoms with Gasteiger partial charge in [-0.15, -0.1) is 0 Å². The molecule has 6 heteroatoms. The smallest absolute Gasteiger partial charge is 0.334 e. The lowest BCUT2D eigenvalue weighted by Gasteiger charge is -2.09. The summed E-state index contributed by atoms with van der Waals surface area (Å²) in [6.45, 7) is -1.05. The van der Waals surface area contributed by atoms with Crippen molar-refractivity contribution in [2.24, 2.45) is 0 Å². The third kappa shape index (κ3) is 5.03. The van der Waals surface area contributed by atoms with Crippen LogP contribution in [0.15, 0.2) is 0 Å². The maximum atomic E-state index is 10.0. The standard InChI is InChI=1S/C6H12O6/c7-1-4(8)2-12-3-5(9)6(10)11/h4-5,7-9H,1-3H2,(H,10,11). The van der Waals surface area contributed by atoms with Gasteiger partial charge in [0.05, 0.1) is 19.8 Å². The van der Waals surface area contributed by atoms with E-state index >= 15 is 0 Å². The molecule has 0 aromatic carbocycles. The number of aliphatic hydroxyl groups is 3. The van der Waals surface area contributed by atoms with Crippen molar-refractivity contribution in [1.82, 2.24) is 0 Å². The molecule has 0 saturated heterocycles. The molecule has 2 atom stereocenters. The van der Waals surface area contributed by atoms with E-state index in [1.165, 1.54) is 0 Å². The average molecular weight is 180 g/mol. The van der Waals surface area contributed by atoms with Gasteiger partial charge in [0.2, 0.25) is 0 Å². The first-order chi connectivity index (χ1) is 5.57. The second-order valence-corrected chi connectivity index (χ2v) is 2.23. The third-order valence-electron chi connectivity index (χ3n) is 1.08. The predicted octanol–water partition coefficient (Wildman–Crippen LogP) is -2.20. The van der Waals surface area contributed by atoms with E-state index in [9.17, 15) is 4.79 Å². The van der Waals surface area contributed by atoms with Crippen LogP contribution >= 0.6 is 0 Å². The van der Waals surface area contributed by atoms with Crippen LogP contribution < -0.4 is 0 Å². The Kier molecular flexibility index (Phi) is 5.56. The zero-order chi connectivity index (χ0) is 9.56. The monoisotopic (exact) mass is 180 g/mol. The maximum Gasteiger partial charge on any atom is 0.334 e. The number of hydrogen-bond acceptors (Lipinski definition) is 5. The lowest BCUT2D eigenvalue weighted by atomic mass is 10.4. The largest absolute Gasteiger partial charge is 0.479 e. The lowest BCUT2D eigenvalue weighted by molar-refractivity contribution is -0.150. The van der Waals surface area contributed by atoms with E-state index in [0.717, 1.165) is 0 Å². The summed E-state index contributed by atoms with van der Waals surface area (Å²) in [5, 5.41) is 33.8. The molecule has 0 aliphatic carbocycles. The van der Waals surface area contributed by atoms with Crippen LogP contribution in [0.4, 0.5) is 0 Å². The molecule has 0 rings (SSSR count). The van der Waals surface area contributed by atoms with Crippen LogP contribution in [0, 0.1) is 0 Å². The molecule has 0 aromatic heterocycles. The van der Waals surface area contributed by atoms with Crippen molar-refractivity contribution in [2.45, 2.75) is 12.2 Å². The highest BCUT2D eigenvalue weighted by Crippen LogP contribution is 1.88. The Morgan fingerprint density at radius 3 is 2.33 bits per heavy atom. The fraction of sp³-hybridized carbons (Fsp3) is 0.833. The SMILES string of the molecule is O=C(O)C(O)COCC(O)CO. The zero-order valence-electron chi connectivity index (χ0n) is 6.38. The van der Waals surface area contributed by atoms with Gasteiger partial charge in [-0.2, -0.15) is 0 Å². The van der Waals surface area contributed by atoms with Gasteiger partial charge in [0.25, 0.3) is 0 Å². The number of rotatable bonds is 6. The van der Waals surface area contributed by atoms with E-state index in [4.69, 9.17) is 20.4 Å². The minimum atomic E-state index is -1.59. The number of aliphatic hydroxyl groups excluding tert-OH is 3. The van der Waals surface area contributed by atoms with Crippen LogP contribution in [0.1, 0.15) is 0 Å². The first-order valence-electron chi connectivity index (χ1n) is 3.35. The van der Waals surface area contributed by atoms with Gasteiger partial charge in [0.1, 0.15) is 6.10 Å². The Hall–Kier alpha value is -0.690. The van der Waals surface area contributed by atoms with Crippen molar-refractivity contribution >= 4 is 5.97 Å². The number of carboxylic acid groups (broad SMARTS) is 1. The van der Waals surface area contributed by atoms with Gasteiger partial charge in [-0.25, -0.2) is 4.79 Å². The van der Waals surface area contributed by atoms with E-state index in [2.05, 4.69) is 4.74 Å². The van der Waals surface area contributed by atoms with E-state index in [-0.39, 0.29) is 6.61 Å². The summed E-state index contributed by atoms with van der Waals surface area (Å²) in [5.41, 5.74) is 0. The molecule has 72 valence electrons. The van der Waals surface area contributed by atoms with E-state index in [1.807, 2.05) is 0 Å². The normalized spacial score (nSPS) is 15.6. The van der Waals surface area contributed by atoms with Crippen molar-refractivity contribution in [2.75, 3.05) is 19.8 Å². The highest BCUT2D eigenvalue weighted by molar-refractivity contribution is 5.71. The number of carboxylic acids is 1. The third-order valence-corrected chi connectivity index (χ3v) is 1.08. The quantitative estimate of drug-likeness (QED) is 0.369. The molecular weight excluding hydrogens is 168 g/mol. The highest BCUT2D eigenvalue weighted by Gasteiger charge is 2.13. The van der Waals surface area contributed by atoms with Gasteiger partial charge >= 0.3 is 5.97 Å². The van der Waals surface area contributed by atoms with Crippen molar-refractivity contribution in [1.29, 1.82) is 0 Å². The Morgan fingerprint density at radius 2 is 1.92 bits per heavy atom. The number of carbonyl (C=O) groups is 1. The van der Waals surface area contributed by atoms with E-state index in [1.54, 1.807) is 0 Å². The van der Waals surface area contributed by atoms with Crippen molar-refractivity contribution < 1.29 is 30.0 Å². The Bertz CT molecular complexity index is 136. The Labute approximate surface area is 69.0 Å². The van der Waals surface area contributed by atoms with Gasteiger partial charge in [-0.3, -0.25) is 0 Å². The topological polar surface area (TPSA) is 107 Å². The highest BCUT2D eigenvalue weighted by atomic mass is 16.5. The Morgan fingerprint density at radius 1 is 1.33 bits per heavy atom. The summed E-state index contributed by atoms with van der Waals surface area (Å²) < 4.78 is 4.57. The van der Waals surface area contributed by atoms with Crippen molar-refractivity contribution in [3.63, 3.8) is 0 Å². The summed E-state index contributed by atoms with van der Waals surface area (Å²) in [4.78, 5) is 10.0. The minimum absolute atomic E-state index is 0.194. The van der Waals surface area contributed by atoms with E-state index < -0.39 is 31.4 Å².